The molecule has 0 bridgehead atoms. The van der Waals surface area contributed by atoms with Crippen molar-refractivity contribution in [3.8, 4) is 0 Å². The zero-order chi connectivity index (χ0) is 16.2. The lowest BCUT2D eigenvalue weighted by Gasteiger charge is -2.37. The van der Waals surface area contributed by atoms with Crippen LogP contribution in [-0.4, -0.2) is 53.5 Å². The van der Waals surface area contributed by atoms with Crippen LogP contribution in [0.25, 0.3) is 0 Å². The summed E-state index contributed by atoms with van der Waals surface area (Å²) in [6, 6.07) is 0.210. The number of likely N-dealkylation sites (tertiary alicyclic amines) is 1. The predicted octanol–water partition coefficient (Wildman–Crippen LogP) is 2.53. The largest absolute Gasteiger partial charge is 0.444 e. The van der Waals surface area contributed by atoms with E-state index in [1.165, 1.54) is 0 Å². The molecule has 1 aliphatic carbocycles. The normalized spacial score (nSPS) is 29.6. The Kier molecular flexibility index (Phi) is 6.09. The number of piperidine rings is 1. The van der Waals surface area contributed by atoms with E-state index in [-0.39, 0.29) is 18.2 Å². The third-order valence-corrected chi connectivity index (χ3v) is 4.66. The quantitative estimate of drug-likeness (QED) is 0.837. The van der Waals surface area contributed by atoms with Gasteiger partial charge in [-0.2, -0.15) is 0 Å². The van der Waals surface area contributed by atoms with E-state index in [0.717, 1.165) is 58.2 Å². The second-order valence-electron chi connectivity index (χ2n) is 7.74. The van der Waals surface area contributed by atoms with Gasteiger partial charge in [-0.25, -0.2) is 4.79 Å². The number of nitrogens with one attached hydrogen (secondary N) is 1. The lowest BCUT2D eigenvalue weighted by atomic mass is 10.0. The summed E-state index contributed by atoms with van der Waals surface area (Å²) in [5.41, 5.74) is -0.444. The molecule has 2 aliphatic rings. The molecule has 0 aromatic heterocycles. The zero-order valence-corrected chi connectivity index (χ0v) is 14.3. The van der Waals surface area contributed by atoms with Gasteiger partial charge in [0.25, 0.3) is 0 Å². The second kappa shape index (κ2) is 7.64. The molecule has 128 valence electrons. The predicted molar refractivity (Wildman–Crippen MR) is 86.8 cm³/mol. The van der Waals surface area contributed by atoms with Crippen molar-refractivity contribution < 1.29 is 14.6 Å². The number of carbonyl (C=O) groups excluding carboxylic acids is 1. The van der Waals surface area contributed by atoms with Gasteiger partial charge < -0.3 is 20.1 Å². The highest BCUT2D eigenvalue weighted by Gasteiger charge is 2.31. The Morgan fingerprint density at radius 3 is 2.59 bits per heavy atom. The van der Waals surface area contributed by atoms with Crippen LogP contribution in [0.2, 0.25) is 0 Å². The van der Waals surface area contributed by atoms with Crippen molar-refractivity contribution in [1.82, 2.24) is 10.2 Å². The van der Waals surface area contributed by atoms with Gasteiger partial charge in [0, 0.05) is 25.7 Å². The molecule has 1 aliphatic heterocycles. The van der Waals surface area contributed by atoms with Crippen LogP contribution < -0.4 is 5.32 Å². The Hall–Kier alpha value is -0.810. The Balaban J connectivity index is 1.80. The maximum Gasteiger partial charge on any atom is 0.410 e. The average molecular weight is 312 g/mol. The number of carbonyl (C=O) groups is 1. The first-order chi connectivity index (χ1) is 10.4. The summed E-state index contributed by atoms with van der Waals surface area (Å²) in [6.45, 7) is 8.15. The van der Waals surface area contributed by atoms with Crippen molar-refractivity contribution in [3.05, 3.63) is 0 Å². The van der Waals surface area contributed by atoms with Crippen molar-refractivity contribution in [1.29, 1.82) is 0 Å². The number of aliphatic hydroxyl groups excluding tert-OH is 1. The summed E-state index contributed by atoms with van der Waals surface area (Å²) in [6.07, 6.45) is 6.06. The summed E-state index contributed by atoms with van der Waals surface area (Å²) >= 11 is 0. The fourth-order valence-corrected chi connectivity index (χ4v) is 3.46. The first-order valence-corrected chi connectivity index (χ1v) is 8.75. The van der Waals surface area contributed by atoms with E-state index in [0.29, 0.717) is 5.92 Å². The van der Waals surface area contributed by atoms with Crippen LogP contribution in [0.1, 0.15) is 59.3 Å². The fraction of sp³-hybridized carbons (Fsp3) is 0.941. The number of hydrogen-bond donors (Lipinski definition) is 2. The number of hydrogen-bond acceptors (Lipinski definition) is 4. The molecule has 3 atom stereocenters. The molecule has 0 aromatic carbocycles. The van der Waals surface area contributed by atoms with E-state index < -0.39 is 5.60 Å². The Morgan fingerprint density at radius 1 is 1.18 bits per heavy atom. The molecule has 2 N–H and O–H groups in total. The van der Waals surface area contributed by atoms with Crippen LogP contribution in [0.5, 0.6) is 0 Å². The van der Waals surface area contributed by atoms with Crippen molar-refractivity contribution in [2.45, 2.75) is 77.0 Å². The maximum absolute atomic E-state index is 12.3. The van der Waals surface area contributed by atoms with Crippen molar-refractivity contribution >= 4 is 6.09 Å². The van der Waals surface area contributed by atoms with E-state index in [4.69, 9.17) is 4.74 Å². The highest BCUT2D eigenvalue weighted by Crippen LogP contribution is 2.25. The summed E-state index contributed by atoms with van der Waals surface area (Å²) in [7, 11) is 0. The Morgan fingerprint density at radius 2 is 1.95 bits per heavy atom. The van der Waals surface area contributed by atoms with Crippen molar-refractivity contribution in [2.24, 2.45) is 5.92 Å². The third kappa shape index (κ3) is 5.13. The number of nitrogens with zero attached hydrogens (tertiary/aromatic N) is 1. The standard InChI is InChI=1S/C17H32N2O3/c1-17(2,3)22-16(21)19-10-5-4-8-14(19)12-18-11-13-7-6-9-15(13)20/h13-15,18,20H,4-12H2,1-3H3. The molecule has 3 unspecified atom stereocenters. The topological polar surface area (TPSA) is 61.8 Å². The highest BCUT2D eigenvalue weighted by atomic mass is 16.6. The van der Waals surface area contributed by atoms with E-state index in [2.05, 4.69) is 5.32 Å². The first kappa shape index (κ1) is 17.5. The molecule has 0 spiro atoms. The smallest absolute Gasteiger partial charge is 0.410 e. The van der Waals surface area contributed by atoms with Gasteiger partial charge in [0.1, 0.15) is 5.60 Å². The number of aliphatic hydroxyl groups is 1. The van der Waals surface area contributed by atoms with Crippen LogP contribution in [0.3, 0.4) is 0 Å². The monoisotopic (exact) mass is 312 g/mol. The molecular formula is C17H32N2O3. The molecule has 5 nitrogen and oxygen atoms in total. The van der Waals surface area contributed by atoms with E-state index in [1.54, 1.807) is 0 Å². The van der Waals surface area contributed by atoms with Crippen LogP contribution in [0.15, 0.2) is 0 Å². The van der Waals surface area contributed by atoms with Crippen LogP contribution in [-0.2, 0) is 4.74 Å². The molecule has 1 amide bonds. The lowest BCUT2D eigenvalue weighted by Crippen LogP contribution is -2.50. The maximum atomic E-state index is 12.3. The minimum Gasteiger partial charge on any atom is -0.444 e. The van der Waals surface area contributed by atoms with Gasteiger partial charge in [0.2, 0.25) is 0 Å². The van der Waals surface area contributed by atoms with Crippen LogP contribution in [0.4, 0.5) is 4.79 Å². The first-order valence-electron chi connectivity index (χ1n) is 8.75. The van der Waals surface area contributed by atoms with Gasteiger partial charge >= 0.3 is 6.09 Å². The summed E-state index contributed by atoms with van der Waals surface area (Å²) in [5, 5.41) is 13.3. The molecule has 1 heterocycles. The molecular weight excluding hydrogens is 280 g/mol. The number of ether oxygens (including phenoxy) is 1. The van der Waals surface area contributed by atoms with Gasteiger partial charge in [0.15, 0.2) is 0 Å². The average Bonchev–Trinajstić information content (AvgIpc) is 2.83. The molecule has 2 rings (SSSR count). The molecule has 22 heavy (non-hydrogen) atoms. The summed E-state index contributed by atoms with van der Waals surface area (Å²) < 4.78 is 5.52. The molecule has 1 saturated carbocycles. The van der Waals surface area contributed by atoms with E-state index in [9.17, 15) is 9.90 Å². The summed E-state index contributed by atoms with van der Waals surface area (Å²) in [5.74, 6) is 0.374. The molecule has 0 aromatic rings. The van der Waals surface area contributed by atoms with Crippen molar-refractivity contribution in [2.75, 3.05) is 19.6 Å². The zero-order valence-electron chi connectivity index (χ0n) is 14.3. The Labute approximate surface area is 134 Å². The van der Waals surface area contributed by atoms with Gasteiger partial charge in [0.05, 0.1) is 6.10 Å². The van der Waals surface area contributed by atoms with Gasteiger partial charge in [-0.05, 0) is 58.8 Å². The molecule has 1 saturated heterocycles. The Bertz CT molecular complexity index is 367. The van der Waals surface area contributed by atoms with E-state index in [1.807, 2.05) is 25.7 Å². The van der Waals surface area contributed by atoms with E-state index >= 15 is 0 Å². The van der Waals surface area contributed by atoms with Gasteiger partial charge in [-0.15, -0.1) is 0 Å². The van der Waals surface area contributed by atoms with Gasteiger partial charge in [-0.1, -0.05) is 6.42 Å². The number of amides is 1. The second-order valence-corrected chi connectivity index (χ2v) is 7.74. The molecule has 2 fully saturated rings. The van der Waals surface area contributed by atoms with Crippen LogP contribution in [0, 0.1) is 5.92 Å². The minimum atomic E-state index is -0.444. The third-order valence-electron chi connectivity index (χ3n) is 4.66. The summed E-state index contributed by atoms with van der Waals surface area (Å²) in [4.78, 5) is 14.2. The minimum absolute atomic E-state index is 0.152. The SMILES string of the molecule is CC(C)(C)OC(=O)N1CCCCC1CNCC1CCCC1O. The molecule has 0 radical (unpaired) electrons. The van der Waals surface area contributed by atoms with Crippen molar-refractivity contribution in [3.63, 3.8) is 0 Å². The number of rotatable bonds is 4. The molecule has 5 heteroatoms. The fourth-order valence-electron chi connectivity index (χ4n) is 3.46. The highest BCUT2D eigenvalue weighted by molar-refractivity contribution is 5.68. The van der Waals surface area contributed by atoms with Gasteiger partial charge in [-0.3, -0.25) is 0 Å². The lowest BCUT2D eigenvalue weighted by molar-refractivity contribution is 0.00967. The van der Waals surface area contributed by atoms with Crippen LogP contribution >= 0.6 is 0 Å².